The first-order valence-corrected chi connectivity index (χ1v) is 6.91. The summed E-state index contributed by atoms with van der Waals surface area (Å²) in [6.45, 7) is 0. The topological polar surface area (TPSA) is 68.3 Å². The Balaban J connectivity index is 2.19. The molecule has 1 aliphatic heterocycles. The third-order valence-electron chi connectivity index (χ3n) is 3.25. The van der Waals surface area contributed by atoms with Gasteiger partial charge < -0.3 is 15.2 Å². The number of methoxy groups -OCH3 is 1. The van der Waals surface area contributed by atoms with Crippen LogP contribution in [-0.4, -0.2) is 7.11 Å². The van der Waals surface area contributed by atoms with Crippen LogP contribution in [-0.2, 0) is 0 Å². The molecule has 20 heavy (non-hydrogen) atoms. The van der Waals surface area contributed by atoms with Gasteiger partial charge in [0, 0.05) is 16.5 Å². The summed E-state index contributed by atoms with van der Waals surface area (Å²) in [5, 5.41) is 11.4. The SMILES string of the molecule is COc1ccc2c(c1)OC(N)=C(C#N)[C@H]2c1cccs1. The van der Waals surface area contributed by atoms with Crippen LogP contribution in [0.1, 0.15) is 16.4 Å². The molecule has 100 valence electrons. The van der Waals surface area contributed by atoms with E-state index in [4.69, 9.17) is 15.2 Å². The number of nitriles is 1. The number of rotatable bonds is 2. The predicted molar refractivity (Wildman–Crippen MR) is 76.6 cm³/mol. The van der Waals surface area contributed by atoms with Crippen molar-refractivity contribution in [1.82, 2.24) is 0 Å². The minimum Gasteiger partial charge on any atom is -0.497 e. The molecule has 4 nitrogen and oxygen atoms in total. The first-order chi connectivity index (χ1) is 9.74. The normalized spacial score (nSPS) is 17.1. The van der Waals surface area contributed by atoms with E-state index in [0.29, 0.717) is 17.1 Å². The molecule has 0 fully saturated rings. The molecule has 0 amide bonds. The number of nitrogens with two attached hydrogens (primary N) is 1. The molecule has 1 atom stereocenters. The van der Waals surface area contributed by atoms with E-state index in [9.17, 15) is 5.26 Å². The van der Waals surface area contributed by atoms with E-state index >= 15 is 0 Å². The van der Waals surface area contributed by atoms with Crippen molar-refractivity contribution in [3.63, 3.8) is 0 Å². The lowest BCUT2D eigenvalue weighted by Gasteiger charge is -2.25. The minimum absolute atomic E-state index is 0.159. The Bertz CT molecular complexity index is 714. The molecule has 0 saturated carbocycles. The van der Waals surface area contributed by atoms with Gasteiger partial charge in [-0.1, -0.05) is 12.1 Å². The van der Waals surface area contributed by atoms with Gasteiger partial charge in [0.2, 0.25) is 5.88 Å². The van der Waals surface area contributed by atoms with Crippen molar-refractivity contribution in [1.29, 1.82) is 5.26 Å². The average molecular weight is 284 g/mol. The Morgan fingerprint density at radius 2 is 2.25 bits per heavy atom. The second-order valence-electron chi connectivity index (χ2n) is 4.34. The summed E-state index contributed by atoms with van der Waals surface area (Å²) >= 11 is 1.60. The summed E-state index contributed by atoms with van der Waals surface area (Å²) < 4.78 is 10.8. The standard InChI is InChI=1S/C15H12N2O2S/c1-18-9-4-5-10-12(7-9)19-15(17)11(8-16)14(10)13-3-2-6-20-13/h2-7,14H,17H2,1H3/t14-/m0/s1. The summed E-state index contributed by atoms with van der Waals surface area (Å²) in [7, 11) is 1.60. The molecule has 2 N–H and O–H groups in total. The van der Waals surface area contributed by atoms with Crippen molar-refractivity contribution in [2.24, 2.45) is 5.73 Å². The van der Waals surface area contributed by atoms with Gasteiger partial charge in [0.05, 0.1) is 13.0 Å². The maximum absolute atomic E-state index is 9.37. The summed E-state index contributed by atoms with van der Waals surface area (Å²) in [5.74, 6) is 1.32. The lowest BCUT2D eigenvalue weighted by atomic mass is 9.88. The zero-order valence-electron chi connectivity index (χ0n) is 10.8. The van der Waals surface area contributed by atoms with E-state index < -0.39 is 0 Å². The molecule has 3 rings (SSSR count). The van der Waals surface area contributed by atoms with Gasteiger partial charge in [-0.25, -0.2) is 0 Å². The Labute approximate surface area is 120 Å². The highest BCUT2D eigenvalue weighted by atomic mass is 32.1. The largest absolute Gasteiger partial charge is 0.497 e. The van der Waals surface area contributed by atoms with Crippen molar-refractivity contribution in [2.45, 2.75) is 5.92 Å². The quantitative estimate of drug-likeness (QED) is 0.920. The second kappa shape index (κ2) is 4.91. The smallest absolute Gasteiger partial charge is 0.205 e. The van der Waals surface area contributed by atoms with Crippen LogP contribution in [0.5, 0.6) is 11.5 Å². The number of hydrogen-bond donors (Lipinski definition) is 1. The molecule has 0 aliphatic carbocycles. The van der Waals surface area contributed by atoms with E-state index in [2.05, 4.69) is 6.07 Å². The number of ether oxygens (including phenoxy) is 2. The van der Waals surface area contributed by atoms with Crippen molar-refractivity contribution >= 4 is 11.3 Å². The first-order valence-electron chi connectivity index (χ1n) is 6.03. The highest BCUT2D eigenvalue weighted by Crippen LogP contribution is 2.44. The second-order valence-corrected chi connectivity index (χ2v) is 5.32. The molecule has 2 aromatic rings. The van der Waals surface area contributed by atoms with E-state index in [1.807, 2.05) is 29.6 Å². The number of thiophene rings is 1. The maximum atomic E-state index is 9.37. The molecule has 0 bridgehead atoms. The van der Waals surface area contributed by atoms with Gasteiger partial charge in [-0.3, -0.25) is 0 Å². The van der Waals surface area contributed by atoms with Gasteiger partial charge in [-0.2, -0.15) is 5.26 Å². The molecular weight excluding hydrogens is 272 g/mol. The molecule has 1 aliphatic rings. The van der Waals surface area contributed by atoms with Gasteiger partial charge in [0.25, 0.3) is 0 Å². The number of nitrogens with zero attached hydrogens (tertiary/aromatic N) is 1. The molecular formula is C15H12N2O2S. The summed E-state index contributed by atoms with van der Waals surface area (Å²) in [5.41, 5.74) is 7.27. The number of fused-ring (bicyclic) bond motifs is 1. The Morgan fingerprint density at radius 1 is 1.40 bits per heavy atom. The monoisotopic (exact) mass is 284 g/mol. The van der Waals surface area contributed by atoms with Crippen LogP contribution < -0.4 is 15.2 Å². The van der Waals surface area contributed by atoms with Crippen LogP contribution in [0.2, 0.25) is 0 Å². The molecule has 0 radical (unpaired) electrons. The fourth-order valence-corrected chi connectivity index (χ4v) is 3.16. The van der Waals surface area contributed by atoms with Gasteiger partial charge >= 0.3 is 0 Å². The van der Waals surface area contributed by atoms with Crippen molar-refractivity contribution in [2.75, 3.05) is 7.11 Å². The minimum atomic E-state index is -0.172. The van der Waals surface area contributed by atoms with E-state index in [1.165, 1.54) is 0 Å². The molecule has 1 aromatic carbocycles. The summed E-state index contributed by atoms with van der Waals surface area (Å²) in [6, 6.07) is 11.7. The van der Waals surface area contributed by atoms with Gasteiger partial charge in [-0.05, 0) is 17.5 Å². The van der Waals surface area contributed by atoms with Gasteiger partial charge in [-0.15, -0.1) is 11.3 Å². The van der Waals surface area contributed by atoms with Crippen molar-refractivity contribution < 1.29 is 9.47 Å². The highest BCUT2D eigenvalue weighted by molar-refractivity contribution is 7.10. The fourth-order valence-electron chi connectivity index (χ4n) is 2.31. The van der Waals surface area contributed by atoms with Gasteiger partial charge in [0.15, 0.2) is 0 Å². The molecule has 0 saturated heterocycles. The third-order valence-corrected chi connectivity index (χ3v) is 4.19. The maximum Gasteiger partial charge on any atom is 0.205 e. The Morgan fingerprint density at radius 3 is 2.90 bits per heavy atom. The zero-order chi connectivity index (χ0) is 14.1. The average Bonchev–Trinajstić information content (AvgIpc) is 2.98. The summed E-state index contributed by atoms with van der Waals surface area (Å²) in [4.78, 5) is 1.07. The van der Waals surface area contributed by atoms with Crippen LogP contribution >= 0.6 is 11.3 Å². The molecule has 2 heterocycles. The van der Waals surface area contributed by atoms with Crippen LogP contribution in [0, 0.1) is 11.3 Å². The molecule has 1 aromatic heterocycles. The van der Waals surface area contributed by atoms with E-state index in [1.54, 1.807) is 24.5 Å². The number of benzene rings is 1. The van der Waals surface area contributed by atoms with Crippen LogP contribution in [0.25, 0.3) is 0 Å². The van der Waals surface area contributed by atoms with E-state index in [0.717, 1.165) is 10.4 Å². The first kappa shape index (κ1) is 12.6. The van der Waals surface area contributed by atoms with Crippen molar-refractivity contribution in [3.05, 3.63) is 57.6 Å². The Kier molecular flexibility index (Phi) is 3.09. The fraction of sp³-hybridized carbons (Fsp3) is 0.133. The van der Waals surface area contributed by atoms with Gasteiger partial charge in [0.1, 0.15) is 23.1 Å². The zero-order valence-corrected chi connectivity index (χ0v) is 11.6. The van der Waals surface area contributed by atoms with Crippen LogP contribution in [0.15, 0.2) is 47.2 Å². The van der Waals surface area contributed by atoms with Crippen LogP contribution in [0.3, 0.4) is 0 Å². The predicted octanol–water partition coefficient (Wildman–Crippen LogP) is 2.97. The molecule has 5 heteroatoms. The van der Waals surface area contributed by atoms with Crippen LogP contribution in [0.4, 0.5) is 0 Å². The lowest BCUT2D eigenvalue weighted by molar-refractivity contribution is 0.381. The number of allylic oxidation sites excluding steroid dienone is 1. The third kappa shape index (κ3) is 1.91. The highest BCUT2D eigenvalue weighted by Gasteiger charge is 2.31. The number of hydrogen-bond acceptors (Lipinski definition) is 5. The van der Waals surface area contributed by atoms with E-state index in [-0.39, 0.29) is 11.8 Å². The molecule has 0 spiro atoms. The van der Waals surface area contributed by atoms with Crippen molar-refractivity contribution in [3.8, 4) is 17.6 Å². The summed E-state index contributed by atoms with van der Waals surface area (Å²) in [6.07, 6.45) is 0. The molecule has 0 unspecified atom stereocenters. The Hall–Kier alpha value is -2.45. The lowest BCUT2D eigenvalue weighted by Crippen LogP contribution is -2.20.